The first-order chi connectivity index (χ1) is 11.7. The third-order valence-corrected chi connectivity index (χ3v) is 5.64. The van der Waals surface area contributed by atoms with E-state index in [0.29, 0.717) is 17.6 Å². The zero-order valence-electron chi connectivity index (χ0n) is 13.7. The van der Waals surface area contributed by atoms with Crippen LogP contribution in [-0.4, -0.2) is 38.4 Å². The highest BCUT2D eigenvalue weighted by atomic mass is 32.1. The second kappa shape index (κ2) is 6.45. The smallest absolute Gasteiger partial charge is 0.207 e. The molecule has 124 valence electrons. The summed E-state index contributed by atoms with van der Waals surface area (Å²) in [5.41, 5.74) is 1.30. The maximum atomic E-state index is 12.7. The van der Waals surface area contributed by atoms with Crippen LogP contribution in [-0.2, 0) is 0 Å². The number of fused-ring (bicyclic) bond motifs is 1. The van der Waals surface area contributed by atoms with Gasteiger partial charge in [-0.2, -0.15) is 5.10 Å². The van der Waals surface area contributed by atoms with E-state index in [0.717, 1.165) is 30.0 Å². The molecule has 0 aliphatic carbocycles. The van der Waals surface area contributed by atoms with E-state index in [1.54, 1.807) is 10.7 Å². The maximum absolute atomic E-state index is 12.7. The third-order valence-electron chi connectivity index (χ3n) is 4.65. The quantitative estimate of drug-likeness (QED) is 0.682. The number of rotatable bonds is 4. The van der Waals surface area contributed by atoms with Crippen LogP contribution >= 0.6 is 11.3 Å². The van der Waals surface area contributed by atoms with Crippen LogP contribution in [0, 0.1) is 6.92 Å². The van der Waals surface area contributed by atoms with E-state index >= 15 is 0 Å². The van der Waals surface area contributed by atoms with Crippen LogP contribution in [0.1, 0.15) is 46.5 Å². The van der Waals surface area contributed by atoms with Gasteiger partial charge in [0.15, 0.2) is 5.01 Å². The molecule has 4 rings (SSSR count). The summed E-state index contributed by atoms with van der Waals surface area (Å²) in [5.74, 6) is 0.923. The number of hydrogen-bond acceptors (Lipinski definition) is 5. The molecular formula is C18H20N4OS. The molecule has 24 heavy (non-hydrogen) atoms. The maximum Gasteiger partial charge on any atom is 0.207 e. The van der Waals surface area contributed by atoms with Crippen LogP contribution in [0.2, 0.25) is 0 Å². The highest BCUT2D eigenvalue weighted by molar-refractivity contribution is 7.18. The molecule has 0 saturated carbocycles. The van der Waals surface area contributed by atoms with E-state index in [4.69, 9.17) is 0 Å². The number of aromatic nitrogens is 3. The van der Waals surface area contributed by atoms with Crippen molar-refractivity contribution in [2.45, 2.75) is 32.2 Å². The molecule has 1 aliphatic rings. The second-order valence-corrected chi connectivity index (χ2v) is 7.29. The van der Waals surface area contributed by atoms with Crippen molar-refractivity contribution in [1.82, 2.24) is 19.5 Å². The highest BCUT2D eigenvalue weighted by Crippen LogP contribution is 2.31. The van der Waals surface area contributed by atoms with Gasteiger partial charge in [-0.25, -0.2) is 9.50 Å². The Labute approximate surface area is 144 Å². The van der Waals surface area contributed by atoms with E-state index in [2.05, 4.69) is 39.2 Å². The molecule has 3 heterocycles. The van der Waals surface area contributed by atoms with Crippen molar-refractivity contribution >= 4 is 22.0 Å². The Morgan fingerprint density at radius 2 is 2.12 bits per heavy atom. The molecule has 1 aliphatic heterocycles. The summed E-state index contributed by atoms with van der Waals surface area (Å²) in [6, 6.07) is 10.8. The first-order valence-electron chi connectivity index (χ1n) is 8.36. The number of carbonyl (C=O) groups excluding carboxylic acids is 1. The summed E-state index contributed by atoms with van der Waals surface area (Å²) in [5, 5.41) is 5.01. The van der Waals surface area contributed by atoms with Gasteiger partial charge in [-0.05, 0) is 31.9 Å². The molecule has 6 heteroatoms. The van der Waals surface area contributed by atoms with Gasteiger partial charge in [0.05, 0.1) is 12.7 Å². The molecule has 1 saturated heterocycles. The fourth-order valence-corrected chi connectivity index (χ4v) is 4.28. The van der Waals surface area contributed by atoms with Crippen LogP contribution in [0.3, 0.4) is 0 Å². The zero-order chi connectivity index (χ0) is 16.5. The lowest BCUT2D eigenvalue weighted by Gasteiger charge is -2.35. The lowest BCUT2D eigenvalue weighted by Crippen LogP contribution is -2.37. The van der Waals surface area contributed by atoms with Crippen molar-refractivity contribution in [3.8, 4) is 0 Å². The van der Waals surface area contributed by atoms with Gasteiger partial charge in [-0.1, -0.05) is 48.1 Å². The van der Waals surface area contributed by atoms with E-state index in [-0.39, 0.29) is 5.78 Å². The van der Waals surface area contributed by atoms with Crippen LogP contribution < -0.4 is 0 Å². The third kappa shape index (κ3) is 2.87. The average molecular weight is 340 g/mol. The van der Waals surface area contributed by atoms with Gasteiger partial charge in [0.25, 0.3) is 0 Å². The summed E-state index contributed by atoms with van der Waals surface area (Å²) in [7, 11) is 0. The Kier molecular flexibility index (Phi) is 4.16. The number of Topliss-reactive ketones (excluding diaryl/α,β-unsaturated/α-hetero) is 1. The average Bonchev–Trinajstić information content (AvgIpc) is 3.19. The molecule has 1 unspecified atom stereocenters. The molecule has 5 nitrogen and oxygen atoms in total. The van der Waals surface area contributed by atoms with Crippen molar-refractivity contribution in [2.24, 2.45) is 0 Å². The molecule has 0 N–H and O–H groups in total. The Morgan fingerprint density at radius 3 is 2.92 bits per heavy atom. The van der Waals surface area contributed by atoms with Gasteiger partial charge in [0, 0.05) is 6.04 Å². The zero-order valence-corrected chi connectivity index (χ0v) is 14.5. The Hall–Kier alpha value is -2.05. The van der Waals surface area contributed by atoms with E-state index < -0.39 is 0 Å². The fourth-order valence-electron chi connectivity index (χ4n) is 3.42. The molecule has 3 aromatic rings. The van der Waals surface area contributed by atoms with Crippen molar-refractivity contribution in [3.63, 3.8) is 0 Å². The summed E-state index contributed by atoms with van der Waals surface area (Å²) in [6.07, 6.45) is 5.26. The standard InChI is InChI=1S/C18H20N4OS/c1-13-19-11-17-22(13)20-18(24-17)16(23)12-21-10-6-5-9-15(21)14-7-3-2-4-8-14/h2-4,7-8,11,15H,5-6,9-10,12H2,1H3. The normalized spacial score (nSPS) is 19.0. The SMILES string of the molecule is Cc1ncc2sc(C(=O)CN3CCCCC3c3ccccc3)nn12. The minimum atomic E-state index is 0.103. The number of carbonyl (C=O) groups is 1. The number of piperidine rings is 1. The van der Waals surface area contributed by atoms with Crippen LogP contribution in [0.25, 0.3) is 4.83 Å². The lowest BCUT2D eigenvalue weighted by molar-refractivity contribution is 0.0841. The lowest BCUT2D eigenvalue weighted by atomic mass is 9.95. The highest BCUT2D eigenvalue weighted by Gasteiger charge is 2.27. The molecule has 1 fully saturated rings. The van der Waals surface area contributed by atoms with Crippen LogP contribution in [0.15, 0.2) is 36.5 Å². The van der Waals surface area contributed by atoms with Gasteiger partial charge in [-0.3, -0.25) is 9.69 Å². The van der Waals surface area contributed by atoms with Crippen molar-refractivity contribution < 1.29 is 4.79 Å². The second-order valence-electron chi connectivity index (χ2n) is 6.28. The fraction of sp³-hybridized carbons (Fsp3) is 0.389. The molecule has 2 aromatic heterocycles. The number of hydrogen-bond donors (Lipinski definition) is 0. The largest absolute Gasteiger partial charge is 0.290 e. The number of likely N-dealkylation sites (tertiary alicyclic amines) is 1. The Morgan fingerprint density at radius 1 is 1.29 bits per heavy atom. The van der Waals surface area contributed by atoms with Crippen LogP contribution in [0.5, 0.6) is 0 Å². The topological polar surface area (TPSA) is 50.5 Å². The predicted molar refractivity (Wildman–Crippen MR) is 94.5 cm³/mol. The summed E-state index contributed by atoms with van der Waals surface area (Å²) in [4.78, 5) is 20.2. The summed E-state index contributed by atoms with van der Waals surface area (Å²) < 4.78 is 1.75. The molecular weight excluding hydrogens is 320 g/mol. The monoisotopic (exact) mass is 340 g/mol. The van der Waals surface area contributed by atoms with Crippen molar-refractivity contribution in [2.75, 3.05) is 13.1 Å². The molecule has 0 spiro atoms. The number of benzene rings is 1. The van der Waals surface area contributed by atoms with Gasteiger partial charge in [-0.15, -0.1) is 0 Å². The van der Waals surface area contributed by atoms with Gasteiger partial charge in [0.1, 0.15) is 10.7 Å². The minimum absolute atomic E-state index is 0.103. The molecule has 0 amide bonds. The Balaban J connectivity index is 1.54. The van der Waals surface area contributed by atoms with Gasteiger partial charge in [0.2, 0.25) is 5.78 Å². The first kappa shape index (κ1) is 15.5. The van der Waals surface area contributed by atoms with Crippen molar-refractivity contribution in [3.05, 3.63) is 52.9 Å². The number of ketones is 1. The molecule has 0 radical (unpaired) electrons. The van der Waals surface area contributed by atoms with Gasteiger partial charge >= 0.3 is 0 Å². The molecule has 0 bridgehead atoms. The molecule has 1 aromatic carbocycles. The van der Waals surface area contributed by atoms with E-state index in [1.807, 2.05) is 13.0 Å². The van der Waals surface area contributed by atoms with Crippen molar-refractivity contribution in [1.29, 1.82) is 0 Å². The number of nitrogens with zero attached hydrogens (tertiary/aromatic N) is 4. The number of imidazole rings is 1. The number of aryl methyl sites for hydroxylation is 1. The Bertz CT molecular complexity index is 854. The molecule has 1 atom stereocenters. The first-order valence-corrected chi connectivity index (χ1v) is 9.17. The predicted octanol–water partition coefficient (Wildman–Crippen LogP) is 3.51. The van der Waals surface area contributed by atoms with E-state index in [9.17, 15) is 4.79 Å². The summed E-state index contributed by atoms with van der Waals surface area (Å²) in [6.45, 7) is 3.30. The van der Waals surface area contributed by atoms with Crippen LogP contribution in [0.4, 0.5) is 0 Å². The summed E-state index contributed by atoms with van der Waals surface area (Å²) >= 11 is 1.42. The van der Waals surface area contributed by atoms with Gasteiger partial charge < -0.3 is 0 Å². The van der Waals surface area contributed by atoms with E-state index in [1.165, 1.54) is 23.3 Å². The minimum Gasteiger partial charge on any atom is -0.290 e.